The summed E-state index contributed by atoms with van der Waals surface area (Å²) >= 11 is 0. The van der Waals surface area contributed by atoms with Crippen LogP contribution in [0, 0.1) is 62.1 Å². The van der Waals surface area contributed by atoms with Crippen LogP contribution in [0.2, 0.25) is 0 Å². The summed E-state index contributed by atoms with van der Waals surface area (Å²) in [6, 6.07) is 0. The first-order valence-corrected chi connectivity index (χ1v) is 19.8. The van der Waals surface area contributed by atoms with E-state index in [1.54, 1.807) is 13.8 Å². The van der Waals surface area contributed by atoms with E-state index in [1.807, 2.05) is 4.90 Å². The van der Waals surface area contributed by atoms with E-state index >= 15 is 0 Å². The van der Waals surface area contributed by atoms with Crippen LogP contribution in [-0.4, -0.2) is 58.3 Å². The number of allylic oxidation sites excluding steroid dienone is 1. The number of ether oxygens (including phenoxy) is 1. The Bertz CT molecular complexity index is 1350. The summed E-state index contributed by atoms with van der Waals surface area (Å²) in [7, 11) is 0. The molecule has 1 saturated heterocycles. The molecule has 276 valence electrons. The third kappa shape index (κ3) is 5.73. The molecular formula is C42H67NO6. The van der Waals surface area contributed by atoms with Crippen LogP contribution < -0.4 is 0 Å². The number of carbonyl (C=O) groups is 3. The van der Waals surface area contributed by atoms with Crippen molar-refractivity contribution in [3.8, 4) is 0 Å². The quantitative estimate of drug-likeness (QED) is 0.207. The monoisotopic (exact) mass is 681 g/mol. The molecule has 1 aliphatic heterocycles. The highest BCUT2D eigenvalue weighted by molar-refractivity contribution is 5.81. The second kappa shape index (κ2) is 12.4. The number of carbonyl (C=O) groups excluding carboxylic acids is 2. The molecule has 0 aromatic heterocycles. The van der Waals surface area contributed by atoms with Crippen molar-refractivity contribution in [2.75, 3.05) is 13.1 Å². The molecule has 5 aliphatic carbocycles. The van der Waals surface area contributed by atoms with E-state index in [0.717, 1.165) is 38.5 Å². The molecule has 6 fully saturated rings. The third-order valence-corrected chi connectivity index (χ3v) is 16.9. The maximum atomic E-state index is 13.9. The van der Waals surface area contributed by atoms with E-state index in [1.165, 1.54) is 31.3 Å². The highest BCUT2D eigenvalue weighted by Crippen LogP contribution is 2.78. The third-order valence-electron chi connectivity index (χ3n) is 16.9. The predicted octanol–water partition coefficient (Wildman–Crippen LogP) is 8.43. The Morgan fingerprint density at radius 1 is 0.837 bits per heavy atom. The van der Waals surface area contributed by atoms with Crippen LogP contribution in [-0.2, 0) is 19.1 Å². The van der Waals surface area contributed by atoms with Crippen molar-refractivity contribution >= 4 is 17.8 Å². The Labute approximate surface area is 296 Å². The summed E-state index contributed by atoms with van der Waals surface area (Å²) in [5, 5.41) is 19.7. The Hall–Kier alpha value is -1.89. The number of likely N-dealkylation sites (tertiary alicyclic amines) is 1. The number of carboxylic acid groups (broad SMARTS) is 1. The summed E-state index contributed by atoms with van der Waals surface area (Å²) in [5.41, 5.74) is 0.519. The number of fused-ring (bicyclic) bond motifs is 7. The molecule has 0 radical (unpaired) electrons. The molecule has 1 heterocycles. The molecule has 49 heavy (non-hydrogen) atoms. The van der Waals surface area contributed by atoms with Crippen molar-refractivity contribution in [3.63, 3.8) is 0 Å². The Kier molecular flexibility index (Phi) is 9.31. The molecule has 7 heteroatoms. The Morgan fingerprint density at radius 3 is 2.14 bits per heavy atom. The zero-order chi connectivity index (χ0) is 35.9. The van der Waals surface area contributed by atoms with Gasteiger partial charge < -0.3 is 19.8 Å². The number of hydrogen-bond acceptors (Lipinski definition) is 5. The number of hydrogen-bond donors (Lipinski definition) is 2. The van der Waals surface area contributed by atoms with Crippen LogP contribution >= 0.6 is 0 Å². The fourth-order valence-corrected chi connectivity index (χ4v) is 13.9. The van der Waals surface area contributed by atoms with Crippen LogP contribution in [0.25, 0.3) is 0 Å². The number of nitrogens with zero attached hydrogens (tertiary/aromatic N) is 1. The first-order chi connectivity index (χ1) is 22.7. The smallest absolute Gasteiger partial charge is 0.309 e. The lowest BCUT2D eigenvalue weighted by atomic mass is 9.32. The predicted molar refractivity (Wildman–Crippen MR) is 191 cm³/mol. The van der Waals surface area contributed by atoms with Gasteiger partial charge in [-0.15, -0.1) is 0 Å². The molecule has 6 rings (SSSR count). The van der Waals surface area contributed by atoms with Crippen molar-refractivity contribution < 1.29 is 29.3 Å². The second-order valence-corrected chi connectivity index (χ2v) is 20.0. The van der Waals surface area contributed by atoms with Gasteiger partial charge in [-0.1, -0.05) is 46.8 Å². The van der Waals surface area contributed by atoms with Crippen molar-refractivity contribution in [2.45, 2.75) is 157 Å². The van der Waals surface area contributed by atoms with E-state index < -0.39 is 17.4 Å². The van der Waals surface area contributed by atoms with E-state index in [2.05, 4.69) is 48.1 Å². The largest absolute Gasteiger partial charge is 0.481 e. The van der Waals surface area contributed by atoms with Crippen LogP contribution in [0.15, 0.2) is 12.2 Å². The summed E-state index contributed by atoms with van der Waals surface area (Å²) in [4.78, 5) is 40.8. The van der Waals surface area contributed by atoms with Crippen molar-refractivity contribution in [3.05, 3.63) is 12.2 Å². The van der Waals surface area contributed by atoms with Crippen LogP contribution in [0.3, 0.4) is 0 Å². The number of aliphatic hydroxyl groups is 1. The van der Waals surface area contributed by atoms with Gasteiger partial charge in [0.2, 0.25) is 5.91 Å². The lowest BCUT2D eigenvalue weighted by Gasteiger charge is -2.73. The first-order valence-electron chi connectivity index (χ1n) is 19.8. The molecule has 0 aromatic carbocycles. The normalized spacial score (nSPS) is 43.4. The number of piperidine rings is 1. The van der Waals surface area contributed by atoms with Crippen LogP contribution in [0.1, 0.15) is 145 Å². The molecular weight excluding hydrogens is 614 g/mol. The van der Waals surface area contributed by atoms with Gasteiger partial charge in [0.25, 0.3) is 0 Å². The fraction of sp³-hybridized carbons (Fsp3) is 0.881. The van der Waals surface area contributed by atoms with Gasteiger partial charge in [0.15, 0.2) is 0 Å². The standard InChI is InChI=1S/C42H67NO6/c1-26(2)28-12-19-42(24-33(45)43-22-15-27(44)16-23-43)21-20-40(8)29(35(28)42)10-11-31-39(7)17-14-32(49-34(46)25-37(3,4)36(47)48)38(5,6)30(39)13-18-41(31,40)9/h27-32,35,44H,1,10-25H2,2-9H3,(H,47,48)/t28-,29+,30-,31+,32-,35+,39-,40+,41+,42+/m0/s1. The zero-order valence-corrected chi connectivity index (χ0v) is 32.0. The molecule has 5 saturated carbocycles. The average Bonchev–Trinajstić information content (AvgIpc) is 3.38. The molecule has 0 unspecified atom stereocenters. The molecule has 0 spiro atoms. The lowest BCUT2D eigenvalue weighted by molar-refractivity contribution is -0.250. The molecule has 0 aromatic rings. The maximum Gasteiger partial charge on any atom is 0.309 e. The minimum atomic E-state index is -1.14. The number of aliphatic carboxylic acids is 1. The number of carboxylic acids is 1. The van der Waals surface area contributed by atoms with E-state index in [-0.39, 0.29) is 45.7 Å². The topological polar surface area (TPSA) is 104 Å². The average molecular weight is 682 g/mol. The van der Waals surface area contributed by atoms with Gasteiger partial charge in [-0.2, -0.15) is 0 Å². The molecule has 2 N–H and O–H groups in total. The highest BCUT2D eigenvalue weighted by atomic mass is 16.5. The molecule has 0 bridgehead atoms. The van der Waals surface area contributed by atoms with Crippen molar-refractivity contribution in [1.29, 1.82) is 0 Å². The van der Waals surface area contributed by atoms with E-state index in [4.69, 9.17) is 4.74 Å². The first kappa shape index (κ1) is 36.9. The summed E-state index contributed by atoms with van der Waals surface area (Å²) in [5.74, 6) is 1.49. The SMILES string of the molecule is C=C(C)[C@@H]1CC[C@]2(CC(=O)N3CCC(O)CC3)CC[C@]3(C)[C@H](CC[C@@H]4[C@@]5(C)CC[C@H](OC(=O)CC(C)(C)C(=O)O)C(C)(C)[C@@H]5CC[C@]43C)[C@@H]12. The van der Waals surface area contributed by atoms with Gasteiger partial charge in [-0.05, 0) is 149 Å². The fourth-order valence-electron chi connectivity index (χ4n) is 13.9. The van der Waals surface area contributed by atoms with Crippen molar-refractivity contribution in [2.24, 2.45) is 62.1 Å². The van der Waals surface area contributed by atoms with Gasteiger partial charge in [-0.3, -0.25) is 14.4 Å². The van der Waals surface area contributed by atoms with Gasteiger partial charge in [0.05, 0.1) is 17.9 Å². The van der Waals surface area contributed by atoms with Crippen molar-refractivity contribution in [1.82, 2.24) is 4.90 Å². The highest BCUT2D eigenvalue weighted by Gasteiger charge is 2.71. The lowest BCUT2D eigenvalue weighted by Crippen LogP contribution is -2.67. The number of rotatable bonds is 7. The Morgan fingerprint density at radius 2 is 1.51 bits per heavy atom. The van der Waals surface area contributed by atoms with E-state index in [9.17, 15) is 24.6 Å². The maximum absolute atomic E-state index is 13.9. The molecule has 6 aliphatic rings. The summed E-state index contributed by atoms with van der Waals surface area (Å²) < 4.78 is 6.17. The number of amides is 1. The summed E-state index contributed by atoms with van der Waals surface area (Å²) in [6.07, 6.45) is 12.6. The summed E-state index contributed by atoms with van der Waals surface area (Å²) in [6.45, 7) is 23.8. The molecule has 7 nitrogen and oxygen atoms in total. The number of esters is 1. The van der Waals surface area contributed by atoms with Gasteiger partial charge in [0, 0.05) is 24.9 Å². The van der Waals surface area contributed by atoms with Crippen LogP contribution in [0.5, 0.6) is 0 Å². The van der Waals surface area contributed by atoms with Gasteiger partial charge in [-0.25, -0.2) is 0 Å². The molecule has 10 atom stereocenters. The van der Waals surface area contributed by atoms with Gasteiger partial charge >= 0.3 is 11.9 Å². The van der Waals surface area contributed by atoms with E-state index in [0.29, 0.717) is 67.8 Å². The zero-order valence-electron chi connectivity index (χ0n) is 32.0. The molecule has 1 amide bonds. The Balaban J connectivity index is 1.24. The minimum Gasteiger partial charge on any atom is -0.481 e. The second-order valence-electron chi connectivity index (χ2n) is 20.0. The van der Waals surface area contributed by atoms with Gasteiger partial charge in [0.1, 0.15) is 6.10 Å². The number of aliphatic hydroxyl groups excluding tert-OH is 1. The van der Waals surface area contributed by atoms with Crippen LogP contribution in [0.4, 0.5) is 0 Å². The minimum absolute atomic E-state index is 0.0460.